The number of carbonyl (C=O) groups is 1. The maximum absolute atomic E-state index is 11.2. The number of carboxylic acid groups (broad SMARTS) is 1. The number of rotatable bonds is 7. The normalized spacial score (nSPS) is 15.3. The van der Waals surface area contributed by atoms with E-state index in [0.717, 1.165) is 5.75 Å². The third-order valence-electron chi connectivity index (χ3n) is 3.58. The van der Waals surface area contributed by atoms with E-state index in [1.54, 1.807) is 11.8 Å². The van der Waals surface area contributed by atoms with Gasteiger partial charge in [-0.15, -0.1) is 11.8 Å². The van der Waals surface area contributed by atoms with Crippen LogP contribution in [0.2, 0.25) is 0 Å². The number of carboxylic acids is 1. The summed E-state index contributed by atoms with van der Waals surface area (Å²) in [6.07, 6.45) is 4.31. The van der Waals surface area contributed by atoms with Gasteiger partial charge in [-0.25, -0.2) is 0 Å². The Hall–Kier alpha value is -1.00. The molecule has 0 aliphatic heterocycles. The zero-order chi connectivity index (χ0) is 14.5. The molecule has 0 fully saturated rings. The summed E-state index contributed by atoms with van der Waals surface area (Å²) < 4.78 is 0. The maximum atomic E-state index is 11.2. The first kappa shape index (κ1) is 15.4. The third-order valence-corrected chi connectivity index (χ3v) is 4.60. The summed E-state index contributed by atoms with van der Waals surface area (Å²) in [6, 6.07) is 6.42. The van der Waals surface area contributed by atoms with Gasteiger partial charge in [0.05, 0.1) is 0 Å². The highest BCUT2D eigenvalue weighted by molar-refractivity contribution is 7.99. The van der Waals surface area contributed by atoms with E-state index in [0.29, 0.717) is 6.42 Å². The summed E-state index contributed by atoms with van der Waals surface area (Å²) in [5.74, 6) is 0.0726. The number of thioether (sulfide) groups is 1. The largest absolute Gasteiger partial charge is 0.480 e. The lowest BCUT2D eigenvalue weighted by atomic mass is 10.1. The number of fused-ring (bicyclic) bond motifs is 1. The predicted octanol–water partition coefficient (Wildman–Crippen LogP) is 3.11. The molecule has 0 aromatic heterocycles. The van der Waals surface area contributed by atoms with Crippen molar-refractivity contribution in [1.29, 1.82) is 0 Å². The van der Waals surface area contributed by atoms with Gasteiger partial charge in [0.25, 0.3) is 0 Å². The van der Waals surface area contributed by atoms with Gasteiger partial charge < -0.3 is 10.4 Å². The molecule has 1 aliphatic carbocycles. The molecule has 3 nitrogen and oxygen atoms in total. The zero-order valence-corrected chi connectivity index (χ0v) is 13.0. The van der Waals surface area contributed by atoms with Crippen LogP contribution in [0.15, 0.2) is 23.1 Å². The smallest absolute Gasteiger partial charge is 0.320 e. The van der Waals surface area contributed by atoms with E-state index < -0.39 is 12.0 Å². The Balaban J connectivity index is 1.84. The molecule has 1 aliphatic rings. The standard InChI is InChI=1S/C16H23NO2S/c1-11(2)17-15(16(18)19)8-9-20-14-7-6-12-4-3-5-13(12)10-14/h6-7,10-11,15,17H,3-5,8-9H2,1-2H3,(H,18,19). The number of aryl methyl sites for hydroxylation is 2. The van der Waals surface area contributed by atoms with Crippen molar-refractivity contribution in [2.45, 2.75) is 56.5 Å². The van der Waals surface area contributed by atoms with Gasteiger partial charge in [-0.3, -0.25) is 4.79 Å². The molecule has 2 N–H and O–H groups in total. The lowest BCUT2D eigenvalue weighted by molar-refractivity contribution is -0.139. The molecule has 1 unspecified atom stereocenters. The molecule has 0 heterocycles. The minimum absolute atomic E-state index is 0.195. The van der Waals surface area contributed by atoms with Crippen LogP contribution in [0.5, 0.6) is 0 Å². The van der Waals surface area contributed by atoms with E-state index in [2.05, 4.69) is 23.5 Å². The van der Waals surface area contributed by atoms with Crippen molar-refractivity contribution in [2.24, 2.45) is 0 Å². The fourth-order valence-electron chi connectivity index (χ4n) is 2.61. The Kier molecular flexibility index (Phi) is 5.49. The van der Waals surface area contributed by atoms with Crippen molar-refractivity contribution in [3.05, 3.63) is 29.3 Å². The highest BCUT2D eigenvalue weighted by Gasteiger charge is 2.18. The third kappa shape index (κ3) is 4.25. The van der Waals surface area contributed by atoms with E-state index in [1.807, 2.05) is 13.8 Å². The molecule has 0 saturated heterocycles. The van der Waals surface area contributed by atoms with E-state index in [4.69, 9.17) is 0 Å². The van der Waals surface area contributed by atoms with Crippen molar-refractivity contribution in [1.82, 2.24) is 5.32 Å². The van der Waals surface area contributed by atoms with E-state index >= 15 is 0 Å². The maximum Gasteiger partial charge on any atom is 0.320 e. The van der Waals surface area contributed by atoms with Gasteiger partial charge in [0, 0.05) is 16.7 Å². The average Bonchev–Trinajstić information content (AvgIpc) is 2.84. The van der Waals surface area contributed by atoms with Crippen LogP contribution in [-0.2, 0) is 17.6 Å². The van der Waals surface area contributed by atoms with Gasteiger partial charge in [-0.05, 0) is 48.9 Å². The first-order valence-corrected chi connectivity index (χ1v) is 8.28. The minimum atomic E-state index is -0.756. The molecule has 1 aromatic rings. The number of aliphatic carboxylic acids is 1. The molecule has 1 aromatic carbocycles. The lowest BCUT2D eigenvalue weighted by Gasteiger charge is -2.17. The highest BCUT2D eigenvalue weighted by atomic mass is 32.2. The minimum Gasteiger partial charge on any atom is -0.480 e. The van der Waals surface area contributed by atoms with Crippen molar-refractivity contribution in [3.8, 4) is 0 Å². The summed E-state index contributed by atoms with van der Waals surface area (Å²) in [5, 5.41) is 12.3. The van der Waals surface area contributed by atoms with Crippen LogP contribution >= 0.6 is 11.8 Å². The van der Waals surface area contributed by atoms with Crippen molar-refractivity contribution in [2.75, 3.05) is 5.75 Å². The Bertz CT molecular complexity index is 474. The quantitative estimate of drug-likeness (QED) is 0.758. The lowest BCUT2D eigenvalue weighted by Crippen LogP contribution is -2.41. The number of hydrogen-bond acceptors (Lipinski definition) is 3. The monoisotopic (exact) mass is 293 g/mol. The van der Waals surface area contributed by atoms with Crippen LogP contribution in [0, 0.1) is 0 Å². The number of nitrogens with one attached hydrogen (secondary N) is 1. The van der Waals surface area contributed by atoms with Crippen molar-refractivity contribution >= 4 is 17.7 Å². The Morgan fingerprint density at radius 3 is 2.80 bits per heavy atom. The Morgan fingerprint density at radius 2 is 2.10 bits per heavy atom. The zero-order valence-electron chi connectivity index (χ0n) is 12.2. The molecule has 0 saturated carbocycles. The fraction of sp³-hybridized carbons (Fsp3) is 0.562. The van der Waals surface area contributed by atoms with Crippen molar-refractivity contribution < 1.29 is 9.90 Å². The molecular formula is C16H23NO2S. The van der Waals surface area contributed by atoms with Gasteiger partial charge in [-0.2, -0.15) is 0 Å². The summed E-state index contributed by atoms with van der Waals surface area (Å²) in [6.45, 7) is 3.95. The van der Waals surface area contributed by atoms with Crippen LogP contribution in [0.4, 0.5) is 0 Å². The molecule has 0 bridgehead atoms. The molecule has 0 radical (unpaired) electrons. The summed E-state index contributed by atoms with van der Waals surface area (Å²) in [4.78, 5) is 12.4. The second-order valence-corrected chi connectivity index (χ2v) is 6.80. The second-order valence-electron chi connectivity index (χ2n) is 5.63. The molecule has 20 heavy (non-hydrogen) atoms. The fourth-order valence-corrected chi connectivity index (χ4v) is 3.59. The first-order chi connectivity index (χ1) is 9.56. The molecule has 110 valence electrons. The summed E-state index contributed by atoms with van der Waals surface area (Å²) >= 11 is 1.76. The molecule has 2 rings (SSSR count). The Labute approximate surface area is 125 Å². The van der Waals surface area contributed by atoms with Gasteiger partial charge >= 0.3 is 5.97 Å². The predicted molar refractivity (Wildman–Crippen MR) is 83.5 cm³/mol. The van der Waals surface area contributed by atoms with E-state index in [1.165, 1.54) is 35.3 Å². The van der Waals surface area contributed by atoms with E-state index in [-0.39, 0.29) is 6.04 Å². The van der Waals surface area contributed by atoms with E-state index in [9.17, 15) is 9.90 Å². The highest BCUT2D eigenvalue weighted by Crippen LogP contribution is 2.28. The van der Waals surface area contributed by atoms with Crippen LogP contribution in [0.3, 0.4) is 0 Å². The Morgan fingerprint density at radius 1 is 1.35 bits per heavy atom. The van der Waals surface area contributed by atoms with Gasteiger partial charge in [-0.1, -0.05) is 19.9 Å². The number of hydrogen-bond donors (Lipinski definition) is 2. The first-order valence-electron chi connectivity index (χ1n) is 7.29. The molecule has 1 atom stereocenters. The molecular weight excluding hydrogens is 270 g/mol. The van der Waals surface area contributed by atoms with Gasteiger partial charge in [0.1, 0.15) is 6.04 Å². The van der Waals surface area contributed by atoms with Crippen LogP contribution in [-0.4, -0.2) is 28.9 Å². The van der Waals surface area contributed by atoms with Gasteiger partial charge in [0.15, 0.2) is 0 Å². The number of benzene rings is 1. The molecule has 4 heteroatoms. The van der Waals surface area contributed by atoms with Crippen LogP contribution in [0.25, 0.3) is 0 Å². The molecule has 0 spiro atoms. The molecule has 0 amide bonds. The van der Waals surface area contributed by atoms with Crippen LogP contribution in [0.1, 0.15) is 37.8 Å². The second kappa shape index (κ2) is 7.14. The summed E-state index contributed by atoms with van der Waals surface area (Å²) in [7, 11) is 0. The topological polar surface area (TPSA) is 49.3 Å². The summed E-state index contributed by atoms with van der Waals surface area (Å²) in [5.41, 5.74) is 2.96. The van der Waals surface area contributed by atoms with Crippen LogP contribution < -0.4 is 5.32 Å². The van der Waals surface area contributed by atoms with Gasteiger partial charge in [0.2, 0.25) is 0 Å². The average molecular weight is 293 g/mol. The SMILES string of the molecule is CC(C)NC(CCSc1ccc2c(c1)CCC2)C(=O)O. The van der Waals surface area contributed by atoms with Crippen molar-refractivity contribution in [3.63, 3.8) is 0 Å².